The molecule has 2 N–H and O–H groups in total. The summed E-state index contributed by atoms with van der Waals surface area (Å²) in [6, 6.07) is 3.98. The van der Waals surface area contributed by atoms with E-state index in [1.165, 1.54) is 0 Å². The van der Waals surface area contributed by atoms with E-state index in [0.29, 0.717) is 11.6 Å². The molecule has 0 saturated carbocycles. The molecule has 3 heterocycles. The number of rotatable bonds is 2. The zero-order valence-corrected chi connectivity index (χ0v) is 9.58. The minimum atomic E-state index is 0.592. The fourth-order valence-corrected chi connectivity index (χ4v) is 2.25. The number of anilines is 1. The second kappa shape index (κ2) is 4.25. The Morgan fingerprint density at radius 2 is 2.18 bits per heavy atom. The lowest BCUT2D eigenvalue weighted by atomic mass is 10.1. The summed E-state index contributed by atoms with van der Waals surface area (Å²) >= 11 is 0. The van der Waals surface area contributed by atoms with Crippen LogP contribution in [0.5, 0.6) is 0 Å². The zero-order valence-electron chi connectivity index (χ0n) is 9.58. The number of aromatic nitrogens is 3. The topological polar surface area (TPSA) is 67.9 Å². The molecule has 3 rings (SSSR count). The Labute approximate surface area is 99.7 Å². The minimum absolute atomic E-state index is 0.592. The third-order valence-corrected chi connectivity index (χ3v) is 3.26. The smallest absolute Gasteiger partial charge is 0.180 e. The lowest BCUT2D eigenvalue weighted by Gasteiger charge is -2.17. The first-order chi connectivity index (χ1) is 8.36. The highest BCUT2D eigenvalue weighted by Gasteiger charge is 2.22. The van der Waals surface area contributed by atoms with Crippen molar-refractivity contribution in [1.29, 1.82) is 0 Å². The van der Waals surface area contributed by atoms with Gasteiger partial charge in [0.05, 0.1) is 0 Å². The van der Waals surface area contributed by atoms with E-state index < -0.39 is 0 Å². The van der Waals surface area contributed by atoms with E-state index >= 15 is 0 Å². The summed E-state index contributed by atoms with van der Waals surface area (Å²) in [7, 11) is 0. The van der Waals surface area contributed by atoms with E-state index in [1.54, 1.807) is 12.4 Å². The summed E-state index contributed by atoms with van der Waals surface area (Å²) in [4.78, 5) is 15.3. The van der Waals surface area contributed by atoms with E-state index in [1.807, 2.05) is 12.1 Å². The first-order valence-corrected chi connectivity index (χ1v) is 5.89. The highest BCUT2D eigenvalue weighted by molar-refractivity contribution is 5.71. The van der Waals surface area contributed by atoms with Gasteiger partial charge >= 0.3 is 0 Å². The molecule has 1 atom stereocenters. The molecular formula is C12H15N5. The van der Waals surface area contributed by atoms with E-state index in [2.05, 4.69) is 19.9 Å². The summed E-state index contributed by atoms with van der Waals surface area (Å²) in [6.07, 6.45) is 4.51. The van der Waals surface area contributed by atoms with Gasteiger partial charge in [-0.3, -0.25) is 4.98 Å². The second-order valence-corrected chi connectivity index (χ2v) is 4.40. The van der Waals surface area contributed by atoms with Gasteiger partial charge in [0, 0.05) is 25.5 Å². The average Bonchev–Trinajstić information content (AvgIpc) is 2.87. The van der Waals surface area contributed by atoms with E-state index in [9.17, 15) is 0 Å². The predicted molar refractivity (Wildman–Crippen MR) is 66.7 cm³/mol. The molecule has 0 aliphatic carbocycles. The Kier molecular flexibility index (Phi) is 2.60. The number of nitrogens with two attached hydrogens (primary N) is 1. The Morgan fingerprint density at radius 3 is 3.00 bits per heavy atom. The second-order valence-electron chi connectivity index (χ2n) is 4.40. The van der Waals surface area contributed by atoms with Gasteiger partial charge in [-0.15, -0.1) is 0 Å². The van der Waals surface area contributed by atoms with Crippen molar-refractivity contribution in [1.82, 2.24) is 15.0 Å². The number of fused-ring (bicyclic) bond motifs is 1. The summed E-state index contributed by atoms with van der Waals surface area (Å²) in [5.74, 6) is 1.57. The highest BCUT2D eigenvalue weighted by Crippen LogP contribution is 2.22. The maximum atomic E-state index is 5.70. The molecule has 5 heteroatoms. The van der Waals surface area contributed by atoms with Crippen LogP contribution in [0.2, 0.25) is 0 Å². The Bertz CT molecular complexity index is 527. The molecule has 1 aliphatic rings. The van der Waals surface area contributed by atoms with Crippen LogP contribution in [0.15, 0.2) is 24.5 Å². The lowest BCUT2D eigenvalue weighted by molar-refractivity contribution is 0.602. The van der Waals surface area contributed by atoms with E-state index in [4.69, 9.17) is 5.73 Å². The van der Waals surface area contributed by atoms with Crippen molar-refractivity contribution < 1.29 is 0 Å². The molecular weight excluding hydrogens is 214 g/mol. The molecule has 88 valence electrons. The molecule has 5 nitrogen and oxygen atoms in total. The van der Waals surface area contributed by atoms with Gasteiger partial charge < -0.3 is 10.6 Å². The molecule has 1 unspecified atom stereocenters. The first kappa shape index (κ1) is 10.4. The van der Waals surface area contributed by atoms with Crippen LogP contribution >= 0.6 is 0 Å². The average molecular weight is 229 g/mol. The van der Waals surface area contributed by atoms with Gasteiger partial charge in [0.2, 0.25) is 0 Å². The van der Waals surface area contributed by atoms with Gasteiger partial charge in [-0.05, 0) is 31.0 Å². The van der Waals surface area contributed by atoms with Crippen LogP contribution in [0.25, 0.3) is 11.2 Å². The van der Waals surface area contributed by atoms with Crippen LogP contribution in [0.3, 0.4) is 0 Å². The number of nitrogens with zero attached hydrogens (tertiary/aromatic N) is 4. The molecule has 17 heavy (non-hydrogen) atoms. The number of pyridine rings is 1. The molecule has 1 aliphatic heterocycles. The van der Waals surface area contributed by atoms with E-state index in [-0.39, 0.29) is 0 Å². The summed E-state index contributed by atoms with van der Waals surface area (Å²) in [5.41, 5.74) is 7.24. The van der Waals surface area contributed by atoms with Crippen molar-refractivity contribution in [3.63, 3.8) is 0 Å². The SMILES string of the molecule is NCC1CCN(c2ccc3nccnc3n2)C1. The van der Waals surface area contributed by atoms with Crippen molar-refractivity contribution in [3.05, 3.63) is 24.5 Å². The zero-order chi connectivity index (χ0) is 11.7. The summed E-state index contributed by atoms with van der Waals surface area (Å²) in [5, 5.41) is 0. The fourth-order valence-electron chi connectivity index (χ4n) is 2.25. The minimum Gasteiger partial charge on any atom is -0.356 e. The largest absolute Gasteiger partial charge is 0.356 e. The van der Waals surface area contributed by atoms with Crippen molar-refractivity contribution in [2.75, 3.05) is 24.5 Å². The molecule has 1 fully saturated rings. The Balaban J connectivity index is 1.91. The molecule has 1 saturated heterocycles. The Morgan fingerprint density at radius 1 is 1.29 bits per heavy atom. The molecule has 2 aromatic rings. The monoisotopic (exact) mass is 229 g/mol. The van der Waals surface area contributed by atoms with Crippen LogP contribution < -0.4 is 10.6 Å². The summed E-state index contributed by atoms with van der Waals surface area (Å²) in [6.45, 7) is 2.78. The normalized spacial score (nSPS) is 20.1. The molecule has 0 amide bonds. The number of hydrogen-bond donors (Lipinski definition) is 1. The molecule has 0 spiro atoms. The van der Waals surface area contributed by atoms with Crippen LogP contribution in [0.4, 0.5) is 5.82 Å². The predicted octanol–water partition coefficient (Wildman–Crippen LogP) is 0.810. The quantitative estimate of drug-likeness (QED) is 0.825. The van der Waals surface area contributed by atoms with Crippen LogP contribution in [0.1, 0.15) is 6.42 Å². The first-order valence-electron chi connectivity index (χ1n) is 5.89. The van der Waals surface area contributed by atoms with Gasteiger partial charge in [0.1, 0.15) is 11.3 Å². The summed E-state index contributed by atoms with van der Waals surface area (Å²) < 4.78 is 0. The van der Waals surface area contributed by atoms with Crippen LogP contribution in [0, 0.1) is 5.92 Å². The van der Waals surface area contributed by atoms with Crippen molar-refractivity contribution in [2.24, 2.45) is 11.7 Å². The van der Waals surface area contributed by atoms with Crippen molar-refractivity contribution in [3.8, 4) is 0 Å². The van der Waals surface area contributed by atoms with Crippen LogP contribution in [-0.4, -0.2) is 34.6 Å². The maximum Gasteiger partial charge on any atom is 0.180 e. The maximum absolute atomic E-state index is 5.70. The highest BCUT2D eigenvalue weighted by atomic mass is 15.2. The molecule has 0 aromatic carbocycles. The van der Waals surface area contributed by atoms with Crippen molar-refractivity contribution >= 4 is 17.0 Å². The Hall–Kier alpha value is -1.75. The number of hydrogen-bond acceptors (Lipinski definition) is 5. The van der Waals surface area contributed by atoms with E-state index in [0.717, 1.165) is 37.4 Å². The van der Waals surface area contributed by atoms with Gasteiger partial charge in [0.15, 0.2) is 5.65 Å². The molecule has 0 radical (unpaired) electrons. The van der Waals surface area contributed by atoms with Gasteiger partial charge in [-0.25, -0.2) is 9.97 Å². The lowest BCUT2D eigenvalue weighted by Crippen LogP contribution is -2.23. The van der Waals surface area contributed by atoms with Crippen LogP contribution in [-0.2, 0) is 0 Å². The third-order valence-electron chi connectivity index (χ3n) is 3.26. The molecule has 0 bridgehead atoms. The van der Waals surface area contributed by atoms with Gasteiger partial charge in [-0.1, -0.05) is 0 Å². The van der Waals surface area contributed by atoms with Gasteiger partial charge in [-0.2, -0.15) is 0 Å². The standard InChI is InChI=1S/C12H15N5/c13-7-9-3-6-17(8-9)11-2-1-10-12(16-11)15-5-4-14-10/h1-2,4-5,9H,3,6-8,13H2. The van der Waals surface area contributed by atoms with Gasteiger partial charge in [0.25, 0.3) is 0 Å². The van der Waals surface area contributed by atoms with Crippen molar-refractivity contribution in [2.45, 2.75) is 6.42 Å². The molecule has 2 aromatic heterocycles. The third kappa shape index (κ3) is 1.93. The fraction of sp³-hybridized carbons (Fsp3) is 0.417.